The van der Waals surface area contributed by atoms with E-state index in [0.717, 1.165) is 18.5 Å². The Morgan fingerprint density at radius 1 is 0.486 bits per heavy atom. The average molecular weight is 528 g/mol. The Labute approximate surface area is 223 Å². The van der Waals surface area contributed by atoms with Crippen LogP contribution in [0.3, 0.4) is 0 Å². The van der Waals surface area contributed by atoms with Crippen LogP contribution in [0.4, 0.5) is 0 Å². The fourth-order valence-electron chi connectivity index (χ4n) is 4.96. The molecule has 0 spiro atoms. The molecule has 0 saturated carbocycles. The van der Waals surface area contributed by atoms with Gasteiger partial charge in [-0.05, 0) is 6.42 Å². The van der Waals surface area contributed by atoms with Gasteiger partial charge in [-0.15, -0.1) is 11.6 Å². The SMILES string of the molecule is ClCCCCCCCCCCCC=CCP(Cl)(c1ccccc1)(c1ccccc1)c1ccccc1. The van der Waals surface area contributed by atoms with Crippen molar-refractivity contribution in [3.63, 3.8) is 0 Å². The molecule has 0 N–H and O–H groups in total. The normalized spacial score (nSPS) is 13.0. The molecule has 0 saturated heterocycles. The van der Waals surface area contributed by atoms with E-state index >= 15 is 0 Å². The second-order valence-electron chi connectivity index (χ2n) is 9.50. The van der Waals surface area contributed by atoms with Crippen molar-refractivity contribution in [2.45, 2.75) is 64.2 Å². The second kappa shape index (κ2) is 14.8. The Balaban J connectivity index is 1.67. The van der Waals surface area contributed by atoms with Crippen LogP contribution >= 0.6 is 28.8 Å². The molecule has 0 amide bonds. The molecule has 0 aliphatic carbocycles. The van der Waals surface area contributed by atoms with Crippen molar-refractivity contribution in [1.82, 2.24) is 0 Å². The van der Waals surface area contributed by atoms with Gasteiger partial charge in [0.2, 0.25) is 0 Å². The summed E-state index contributed by atoms with van der Waals surface area (Å²) in [6, 6.07) is 32.2. The van der Waals surface area contributed by atoms with Gasteiger partial charge in [-0.3, -0.25) is 0 Å². The van der Waals surface area contributed by atoms with Crippen molar-refractivity contribution < 1.29 is 0 Å². The first kappa shape index (κ1) is 28.0. The van der Waals surface area contributed by atoms with E-state index in [1.165, 1.54) is 73.7 Å². The number of halogens is 2. The van der Waals surface area contributed by atoms with Crippen molar-refractivity contribution in [3.8, 4) is 0 Å². The molecule has 0 nitrogen and oxygen atoms in total. The van der Waals surface area contributed by atoms with Gasteiger partial charge in [-0.2, -0.15) is 0 Å². The molecule has 0 aromatic heterocycles. The first-order valence-electron chi connectivity index (χ1n) is 13.3. The third-order valence-corrected chi connectivity index (χ3v) is 14.5. The molecule has 3 heteroatoms. The first-order chi connectivity index (χ1) is 17.2. The molecule has 0 bridgehead atoms. The minimum absolute atomic E-state index is 0.809. The van der Waals surface area contributed by atoms with Crippen molar-refractivity contribution in [2.24, 2.45) is 0 Å². The van der Waals surface area contributed by atoms with E-state index in [-0.39, 0.29) is 0 Å². The molecule has 0 aliphatic rings. The summed E-state index contributed by atoms with van der Waals surface area (Å²) in [7, 11) is 0. The van der Waals surface area contributed by atoms with Crippen LogP contribution in [0, 0.1) is 0 Å². The first-order valence-corrected chi connectivity index (χ1v) is 17.2. The van der Waals surface area contributed by atoms with Gasteiger partial charge in [-0.25, -0.2) is 0 Å². The minimum atomic E-state index is -3.16. The van der Waals surface area contributed by atoms with E-state index in [1.54, 1.807) is 0 Å². The molecular weight excluding hydrogens is 486 g/mol. The van der Waals surface area contributed by atoms with Crippen LogP contribution < -0.4 is 15.9 Å². The topological polar surface area (TPSA) is 0 Å². The number of benzene rings is 3. The Hall–Kier alpha value is -1.59. The van der Waals surface area contributed by atoms with Crippen LogP contribution in [0.2, 0.25) is 0 Å². The quantitative estimate of drug-likeness (QED) is 0.0754. The van der Waals surface area contributed by atoms with Gasteiger partial charge in [0.05, 0.1) is 0 Å². The number of hydrogen-bond donors (Lipinski definition) is 0. The molecular formula is C32H41Cl2P. The van der Waals surface area contributed by atoms with Gasteiger partial charge >= 0.3 is 200 Å². The number of allylic oxidation sites excluding steroid dienone is 2. The Morgan fingerprint density at radius 2 is 0.857 bits per heavy atom. The molecule has 0 atom stereocenters. The van der Waals surface area contributed by atoms with Gasteiger partial charge in [0, 0.05) is 5.88 Å². The van der Waals surface area contributed by atoms with Crippen LogP contribution in [0.25, 0.3) is 0 Å². The Bertz CT molecular complexity index is 886. The summed E-state index contributed by atoms with van der Waals surface area (Å²) in [5.41, 5.74) is 0. The molecule has 188 valence electrons. The molecule has 0 aliphatic heterocycles. The maximum atomic E-state index is 8.09. The van der Waals surface area contributed by atoms with E-state index in [9.17, 15) is 0 Å². The average Bonchev–Trinajstić information content (AvgIpc) is 2.93. The zero-order chi connectivity index (χ0) is 24.7. The van der Waals surface area contributed by atoms with Crippen LogP contribution in [-0.2, 0) is 0 Å². The van der Waals surface area contributed by atoms with Crippen LogP contribution in [-0.4, -0.2) is 12.0 Å². The van der Waals surface area contributed by atoms with Gasteiger partial charge in [0.1, 0.15) is 0 Å². The van der Waals surface area contributed by atoms with Crippen molar-refractivity contribution in [1.29, 1.82) is 0 Å². The summed E-state index contributed by atoms with van der Waals surface area (Å²) in [4.78, 5) is 0. The third kappa shape index (κ3) is 7.45. The fourth-order valence-corrected chi connectivity index (χ4v) is 10.9. The molecule has 3 rings (SSSR count). The van der Waals surface area contributed by atoms with Gasteiger partial charge in [0.25, 0.3) is 0 Å². The van der Waals surface area contributed by atoms with E-state index < -0.39 is 5.96 Å². The molecule has 3 aromatic carbocycles. The Morgan fingerprint density at radius 3 is 1.26 bits per heavy atom. The molecule has 0 unspecified atom stereocenters. The van der Waals surface area contributed by atoms with Gasteiger partial charge in [0.15, 0.2) is 0 Å². The Kier molecular flexibility index (Phi) is 11.9. The fraction of sp³-hybridized carbons (Fsp3) is 0.375. The summed E-state index contributed by atoms with van der Waals surface area (Å²) in [6.07, 6.45) is 18.5. The van der Waals surface area contributed by atoms with Crippen molar-refractivity contribution in [2.75, 3.05) is 12.0 Å². The number of rotatable bonds is 16. The maximum absolute atomic E-state index is 8.09. The summed E-state index contributed by atoms with van der Waals surface area (Å²) in [5, 5.41) is 3.69. The van der Waals surface area contributed by atoms with E-state index in [1.807, 2.05) is 0 Å². The van der Waals surface area contributed by atoms with Gasteiger partial charge < -0.3 is 0 Å². The molecule has 0 radical (unpaired) electrons. The van der Waals surface area contributed by atoms with E-state index in [2.05, 4.69) is 103 Å². The van der Waals surface area contributed by atoms with Crippen LogP contribution in [0.5, 0.6) is 0 Å². The second-order valence-corrected chi connectivity index (χ2v) is 16.4. The summed E-state index contributed by atoms with van der Waals surface area (Å²) >= 11 is 13.8. The standard InChI is InChI=1S/C32H41Cl2P/c33-28-20-9-7-5-3-1-2-4-6-8-10-21-29-35(34,30-22-14-11-15-23-30,31-24-16-12-17-25-31)32-26-18-13-19-27-32/h10-19,21-27H,1-9,20,28-29H2. The summed E-state index contributed by atoms with van der Waals surface area (Å²) in [5.74, 6) is -2.35. The molecule has 0 heterocycles. The molecule has 35 heavy (non-hydrogen) atoms. The summed E-state index contributed by atoms with van der Waals surface area (Å²) < 4.78 is 0. The summed E-state index contributed by atoms with van der Waals surface area (Å²) in [6.45, 7) is 0. The van der Waals surface area contributed by atoms with Gasteiger partial charge in [-0.1, -0.05) is 0 Å². The van der Waals surface area contributed by atoms with Crippen molar-refractivity contribution in [3.05, 3.63) is 103 Å². The van der Waals surface area contributed by atoms with Crippen LogP contribution in [0.1, 0.15) is 64.2 Å². The van der Waals surface area contributed by atoms with E-state index in [0.29, 0.717) is 0 Å². The molecule has 0 fully saturated rings. The number of hydrogen-bond acceptors (Lipinski definition) is 0. The third-order valence-electron chi connectivity index (χ3n) is 7.00. The predicted molar refractivity (Wildman–Crippen MR) is 162 cm³/mol. The van der Waals surface area contributed by atoms with Crippen LogP contribution in [0.15, 0.2) is 103 Å². The zero-order valence-electron chi connectivity index (χ0n) is 21.0. The zero-order valence-corrected chi connectivity index (χ0v) is 23.4. The number of unbranched alkanes of at least 4 members (excludes halogenated alkanes) is 9. The van der Waals surface area contributed by atoms with E-state index in [4.69, 9.17) is 22.8 Å². The molecule has 3 aromatic rings. The number of alkyl halides is 1. The van der Waals surface area contributed by atoms with Crippen molar-refractivity contribution >= 4 is 44.7 Å². The monoisotopic (exact) mass is 526 g/mol. The predicted octanol–water partition coefficient (Wildman–Crippen LogP) is 9.37.